The van der Waals surface area contributed by atoms with Crippen LogP contribution in [-0.2, 0) is 16.0 Å². The molecule has 1 aromatic rings. The van der Waals surface area contributed by atoms with Crippen LogP contribution in [0.15, 0.2) is 17.5 Å². The predicted molar refractivity (Wildman–Crippen MR) is 71.7 cm³/mol. The fraction of sp³-hybridized carbons (Fsp3) is 0.462. The Bertz CT molecular complexity index is 484. The van der Waals surface area contributed by atoms with Gasteiger partial charge in [-0.3, -0.25) is 19.8 Å². The van der Waals surface area contributed by atoms with E-state index in [4.69, 9.17) is 0 Å². The predicted octanol–water partition coefficient (Wildman–Crippen LogP) is 1.79. The Balaban J connectivity index is 2.03. The van der Waals surface area contributed by atoms with Gasteiger partial charge in [0.2, 0.25) is 11.8 Å². The second-order valence-corrected chi connectivity index (χ2v) is 5.49. The molecular formula is C13H16N2O3S. The molecule has 1 aromatic heterocycles. The van der Waals surface area contributed by atoms with Gasteiger partial charge in [0.05, 0.1) is 0 Å². The van der Waals surface area contributed by atoms with Crippen LogP contribution >= 0.6 is 11.3 Å². The Morgan fingerprint density at radius 1 is 1.37 bits per heavy atom. The minimum absolute atomic E-state index is 0.318. The number of carbonyl (C=O) groups is 3. The zero-order valence-corrected chi connectivity index (χ0v) is 11.5. The summed E-state index contributed by atoms with van der Waals surface area (Å²) < 4.78 is 0. The Hall–Kier alpha value is -1.69. The number of barbiturate groups is 1. The van der Waals surface area contributed by atoms with Crippen molar-refractivity contribution in [3.05, 3.63) is 22.4 Å². The van der Waals surface area contributed by atoms with E-state index in [1.165, 1.54) is 0 Å². The summed E-state index contributed by atoms with van der Waals surface area (Å²) in [6.07, 6.45) is 1.84. The molecule has 6 heteroatoms. The molecular weight excluding hydrogens is 264 g/mol. The Labute approximate surface area is 115 Å². The van der Waals surface area contributed by atoms with Crippen LogP contribution in [0.3, 0.4) is 0 Å². The number of amides is 4. The van der Waals surface area contributed by atoms with Gasteiger partial charge in [0.1, 0.15) is 5.92 Å². The molecule has 0 radical (unpaired) electrons. The second kappa shape index (κ2) is 5.97. The van der Waals surface area contributed by atoms with Gasteiger partial charge in [-0.15, -0.1) is 11.3 Å². The third-order valence-electron chi connectivity index (χ3n) is 3.10. The summed E-state index contributed by atoms with van der Waals surface area (Å²) in [6.45, 7) is 2.23. The number of nitrogens with one attached hydrogen (secondary N) is 1. The number of thiophene rings is 1. The molecule has 0 bridgehead atoms. The van der Waals surface area contributed by atoms with Gasteiger partial charge in [0, 0.05) is 11.4 Å². The van der Waals surface area contributed by atoms with E-state index in [1.807, 2.05) is 24.4 Å². The number of urea groups is 1. The van der Waals surface area contributed by atoms with Crippen molar-refractivity contribution in [2.45, 2.75) is 26.2 Å². The van der Waals surface area contributed by atoms with Gasteiger partial charge in [-0.25, -0.2) is 4.79 Å². The lowest BCUT2D eigenvalue weighted by atomic mass is 9.99. The van der Waals surface area contributed by atoms with Gasteiger partial charge in [0.15, 0.2) is 0 Å². The SMILES string of the molecule is CCCC1C(=O)NC(=O)N(CCc2cccs2)C1=O. The molecule has 0 spiro atoms. The van der Waals surface area contributed by atoms with E-state index in [0.29, 0.717) is 19.4 Å². The highest BCUT2D eigenvalue weighted by Crippen LogP contribution is 2.17. The highest BCUT2D eigenvalue weighted by molar-refractivity contribution is 7.09. The van der Waals surface area contributed by atoms with E-state index in [0.717, 1.165) is 16.2 Å². The molecule has 0 aromatic carbocycles. The first-order valence-corrected chi connectivity index (χ1v) is 7.20. The maximum atomic E-state index is 12.1. The van der Waals surface area contributed by atoms with E-state index in [9.17, 15) is 14.4 Å². The minimum atomic E-state index is -0.717. The number of carbonyl (C=O) groups excluding carboxylic acids is 3. The summed E-state index contributed by atoms with van der Waals surface area (Å²) >= 11 is 1.59. The molecule has 1 saturated heterocycles. The molecule has 2 heterocycles. The molecule has 5 nitrogen and oxygen atoms in total. The van der Waals surface area contributed by atoms with Crippen LogP contribution in [0.2, 0.25) is 0 Å². The van der Waals surface area contributed by atoms with Crippen LogP contribution in [0.4, 0.5) is 4.79 Å². The van der Waals surface area contributed by atoms with Gasteiger partial charge in [-0.05, 0) is 24.3 Å². The van der Waals surface area contributed by atoms with Gasteiger partial charge in [-0.2, -0.15) is 0 Å². The van der Waals surface area contributed by atoms with Crippen LogP contribution in [0, 0.1) is 5.92 Å². The second-order valence-electron chi connectivity index (χ2n) is 4.45. The molecule has 2 rings (SSSR count). The number of rotatable bonds is 5. The van der Waals surface area contributed by atoms with Crippen LogP contribution in [0.1, 0.15) is 24.6 Å². The smallest absolute Gasteiger partial charge is 0.277 e. The third-order valence-corrected chi connectivity index (χ3v) is 4.03. The molecule has 0 aliphatic carbocycles. The maximum absolute atomic E-state index is 12.1. The first-order chi connectivity index (χ1) is 9.13. The van der Waals surface area contributed by atoms with Crippen molar-refractivity contribution in [1.29, 1.82) is 0 Å². The Morgan fingerprint density at radius 3 is 2.79 bits per heavy atom. The third kappa shape index (κ3) is 3.01. The normalized spacial score (nSPS) is 19.7. The van der Waals surface area contributed by atoms with Gasteiger partial charge in [0.25, 0.3) is 0 Å². The summed E-state index contributed by atoms with van der Waals surface area (Å²) in [4.78, 5) is 37.7. The first-order valence-electron chi connectivity index (χ1n) is 6.32. The lowest BCUT2D eigenvalue weighted by molar-refractivity contribution is -0.142. The summed E-state index contributed by atoms with van der Waals surface area (Å²) in [5.74, 6) is -1.55. The zero-order chi connectivity index (χ0) is 13.8. The van der Waals surface area contributed by atoms with Crippen LogP contribution in [0.5, 0.6) is 0 Å². The number of hydrogen-bond donors (Lipinski definition) is 1. The van der Waals surface area contributed by atoms with Crippen molar-refractivity contribution in [3.63, 3.8) is 0 Å². The lowest BCUT2D eigenvalue weighted by Gasteiger charge is -2.29. The number of nitrogens with zero attached hydrogens (tertiary/aromatic N) is 1. The summed E-state index contributed by atoms with van der Waals surface area (Å²) in [5.41, 5.74) is 0. The average molecular weight is 280 g/mol. The Morgan fingerprint density at radius 2 is 2.16 bits per heavy atom. The van der Waals surface area contributed by atoms with E-state index in [1.54, 1.807) is 11.3 Å². The molecule has 4 amide bonds. The van der Waals surface area contributed by atoms with E-state index in [-0.39, 0.29) is 5.91 Å². The first kappa shape index (κ1) is 13.7. The average Bonchev–Trinajstić information content (AvgIpc) is 2.87. The van der Waals surface area contributed by atoms with Crippen LogP contribution < -0.4 is 5.32 Å². The summed E-state index contributed by atoms with van der Waals surface area (Å²) in [6, 6.07) is 3.30. The fourth-order valence-electron chi connectivity index (χ4n) is 2.09. The molecule has 1 unspecified atom stereocenters. The molecule has 102 valence electrons. The zero-order valence-electron chi connectivity index (χ0n) is 10.7. The molecule has 0 saturated carbocycles. The van der Waals surface area contributed by atoms with Crippen molar-refractivity contribution >= 4 is 29.2 Å². The molecule has 1 atom stereocenters. The fourth-order valence-corrected chi connectivity index (χ4v) is 2.79. The van der Waals surface area contributed by atoms with Crippen molar-refractivity contribution < 1.29 is 14.4 Å². The molecule has 1 fully saturated rings. The van der Waals surface area contributed by atoms with E-state index < -0.39 is 17.9 Å². The van der Waals surface area contributed by atoms with Crippen LogP contribution in [0.25, 0.3) is 0 Å². The lowest BCUT2D eigenvalue weighted by Crippen LogP contribution is -2.58. The molecule has 1 aliphatic heterocycles. The molecule has 1 N–H and O–H groups in total. The highest BCUT2D eigenvalue weighted by Gasteiger charge is 2.39. The largest absolute Gasteiger partial charge is 0.330 e. The Kier molecular flexibility index (Phi) is 4.31. The van der Waals surface area contributed by atoms with Crippen molar-refractivity contribution in [2.24, 2.45) is 5.92 Å². The quantitative estimate of drug-likeness (QED) is 0.836. The van der Waals surface area contributed by atoms with Crippen LogP contribution in [-0.4, -0.2) is 29.3 Å². The van der Waals surface area contributed by atoms with E-state index >= 15 is 0 Å². The van der Waals surface area contributed by atoms with Crippen molar-refractivity contribution in [1.82, 2.24) is 10.2 Å². The topological polar surface area (TPSA) is 66.5 Å². The summed E-state index contributed by atoms with van der Waals surface area (Å²) in [5, 5.41) is 4.21. The standard InChI is InChI=1S/C13H16N2O3S/c1-2-4-10-11(16)14-13(18)15(12(10)17)7-6-9-5-3-8-19-9/h3,5,8,10H,2,4,6-7H2,1H3,(H,14,16,18). The molecule has 1 aliphatic rings. The summed E-state index contributed by atoms with van der Waals surface area (Å²) in [7, 11) is 0. The number of hydrogen-bond acceptors (Lipinski definition) is 4. The highest BCUT2D eigenvalue weighted by atomic mass is 32.1. The number of imide groups is 2. The van der Waals surface area contributed by atoms with Gasteiger partial charge < -0.3 is 0 Å². The minimum Gasteiger partial charge on any atom is -0.277 e. The van der Waals surface area contributed by atoms with Gasteiger partial charge in [-0.1, -0.05) is 19.4 Å². The van der Waals surface area contributed by atoms with E-state index in [2.05, 4.69) is 5.32 Å². The molecule has 19 heavy (non-hydrogen) atoms. The van der Waals surface area contributed by atoms with Crippen molar-refractivity contribution in [2.75, 3.05) is 6.54 Å². The van der Waals surface area contributed by atoms with Gasteiger partial charge >= 0.3 is 6.03 Å². The monoisotopic (exact) mass is 280 g/mol. The maximum Gasteiger partial charge on any atom is 0.330 e. The van der Waals surface area contributed by atoms with Crippen molar-refractivity contribution in [3.8, 4) is 0 Å².